The van der Waals surface area contributed by atoms with E-state index in [4.69, 9.17) is 4.52 Å². The van der Waals surface area contributed by atoms with Crippen LogP contribution in [0.2, 0.25) is 0 Å². The highest BCUT2D eigenvalue weighted by Crippen LogP contribution is 2.31. The van der Waals surface area contributed by atoms with Gasteiger partial charge in [0, 0.05) is 24.7 Å². The third kappa shape index (κ3) is 3.20. The largest absolute Gasteiger partial charge is 0.337 e. The van der Waals surface area contributed by atoms with Crippen LogP contribution in [-0.2, 0) is 0 Å². The quantitative estimate of drug-likeness (QED) is 0.858. The van der Waals surface area contributed by atoms with Gasteiger partial charge in [-0.2, -0.15) is 10.1 Å². The number of nitrogens with zero attached hydrogens (tertiary/aromatic N) is 5. The van der Waals surface area contributed by atoms with E-state index in [9.17, 15) is 4.79 Å². The maximum atomic E-state index is 12.9. The van der Waals surface area contributed by atoms with Crippen LogP contribution in [-0.4, -0.2) is 37.3 Å². The maximum absolute atomic E-state index is 12.9. The van der Waals surface area contributed by atoms with Gasteiger partial charge in [-0.3, -0.25) is 9.48 Å². The van der Waals surface area contributed by atoms with Gasteiger partial charge in [0.2, 0.25) is 5.89 Å². The van der Waals surface area contributed by atoms with Crippen molar-refractivity contribution < 1.29 is 9.32 Å². The number of hydrogen-bond acceptors (Lipinski definition) is 5. The summed E-state index contributed by atoms with van der Waals surface area (Å²) in [5, 5.41) is 8.32. The van der Waals surface area contributed by atoms with Crippen LogP contribution in [0, 0.1) is 0 Å². The Morgan fingerprint density at radius 2 is 2.08 bits per heavy atom. The first kappa shape index (κ1) is 16.7. The van der Waals surface area contributed by atoms with Gasteiger partial charge in [-0.1, -0.05) is 19.0 Å². The molecule has 0 aliphatic carbocycles. The fraction of sp³-hybridized carbons (Fsp3) is 0.647. The molecule has 3 heterocycles. The van der Waals surface area contributed by atoms with Gasteiger partial charge >= 0.3 is 0 Å². The van der Waals surface area contributed by atoms with Gasteiger partial charge in [-0.05, 0) is 33.1 Å². The average Bonchev–Trinajstić information content (AvgIpc) is 3.23. The monoisotopic (exact) mass is 331 g/mol. The molecule has 7 nitrogen and oxygen atoms in total. The van der Waals surface area contributed by atoms with Crippen LogP contribution in [0.4, 0.5) is 0 Å². The van der Waals surface area contributed by atoms with Crippen molar-refractivity contribution in [1.82, 2.24) is 24.8 Å². The van der Waals surface area contributed by atoms with Gasteiger partial charge in [-0.25, -0.2) is 0 Å². The topological polar surface area (TPSA) is 77.0 Å². The van der Waals surface area contributed by atoms with E-state index in [-0.39, 0.29) is 23.9 Å². The molecule has 1 fully saturated rings. The van der Waals surface area contributed by atoms with Crippen LogP contribution in [0.1, 0.15) is 87.0 Å². The predicted octanol–water partition coefficient (Wildman–Crippen LogP) is 3.34. The number of piperidine rings is 1. The Bertz CT molecular complexity index is 703. The number of carbonyl (C=O) groups is 1. The summed E-state index contributed by atoms with van der Waals surface area (Å²) in [7, 11) is 0. The minimum atomic E-state index is -0.145. The normalized spacial score (nSPS) is 18.6. The minimum Gasteiger partial charge on any atom is -0.337 e. The van der Waals surface area contributed by atoms with Gasteiger partial charge in [0.05, 0.1) is 11.8 Å². The lowest BCUT2D eigenvalue weighted by atomic mass is 10.0. The molecule has 1 atom stereocenters. The number of amides is 1. The number of rotatable bonds is 4. The SMILES string of the molecule is CC(C)c1noc([C@H]2CCCCN2C(=O)c2cnn(C(C)C)c2)n1. The molecule has 0 spiro atoms. The van der Waals surface area contributed by atoms with Gasteiger partial charge in [-0.15, -0.1) is 0 Å². The summed E-state index contributed by atoms with van der Waals surface area (Å²) in [5.74, 6) is 1.43. The lowest BCUT2D eigenvalue weighted by Gasteiger charge is -2.33. The Balaban J connectivity index is 1.84. The van der Waals surface area contributed by atoms with Crippen LogP contribution in [0.25, 0.3) is 0 Å². The van der Waals surface area contributed by atoms with Crippen LogP contribution >= 0.6 is 0 Å². The Labute approximate surface area is 142 Å². The third-order valence-corrected chi connectivity index (χ3v) is 4.40. The van der Waals surface area contributed by atoms with E-state index in [2.05, 4.69) is 15.2 Å². The van der Waals surface area contributed by atoms with Crippen molar-refractivity contribution in [2.75, 3.05) is 6.54 Å². The molecule has 1 aliphatic heterocycles. The zero-order valence-electron chi connectivity index (χ0n) is 14.8. The lowest BCUT2D eigenvalue weighted by molar-refractivity contribution is 0.0561. The molecule has 7 heteroatoms. The molecule has 3 rings (SSSR count). The standard InChI is InChI=1S/C17H25N5O2/c1-11(2)15-19-16(24-20-15)14-7-5-6-8-21(14)17(23)13-9-18-22(10-13)12(3)4/h9-12,14H,5-8H2,1-4H3/t14-/m1/s1. The molecular formula is C17H25N5O2. The summed E-state index contributed by atoms with van der Waals surface area (Å²) >= 11 is 0. The first-order valence-electron chi connectivity index (χ1n) is 8.66. The molecule has 1 saturated heterocycles. The molecule has 0 radical (unpaired) electrons. The van der Waals surface area contributed by atoms with Crippen LogP contribution in [0.3, 0.4) is 0 Å². The van der Waals surface area contributed by atoms with Crippen molar-refractivity contribution in [1.29, 1.82) is 0 Å². The fourth-order valence-electron chi connectivity index (χ4n) is 2.95. The third-order valence-electron chi connectivity index (χ3n) is 4.40. The summed E-state index contributed by atoms with van der Waals surface area (Å²) in [6.07, 6.45) is 6.35. The van der Waals surface area contributed by atoms with Crippen LogP contribution < -0.4 is 0 Å². The van der Waals surface area contributed by atoms with Crippen molar-refractivity contribution >= 4 is 5.91 Å². The Morgan fingerprint density at radius 1 is 1.29 bits per heavy atom. The Kier molecular flexibility index (Phi) is 4.69. The molecule has 2 aromatic rings. The highest BCUT2D eigenvalue weighted by atomic mass is 16.5. The zero-order valence-corrected chi connectivity index (χ0v) is 14.8. The van der Waals surface area contributed by atoms with Crippen molar-refractivity contribution in [3.8, 4) is 0 Å². The van der Waals surface area contributed by atoms with E-state index >= 15 is 0 Å². The van der Waals surface area contributed by atoms with Crippen LogP contribution in [0.15, 0.2) is 16.9 Å². The van der Waals surface area contributed by atoms with Crippen LogP contribution in [0.5, 0.6) is 0 Å². The van der Waals surface area contributed by atoms with Gasteiger partial charge in [0.15, 0.2) is 5.82 Å². The van der Waals surface area contributed by atoms with Crippen molar-refractivity contribution in [2.24, 2.45) is 0 Å². The Hall–Kier alpha value is -2.18. The minimum absolute atomic E-state index is 0.0177. The summed E-state index contributed by atoms with van der Waals surface area (Å²) < 4.78 is 7.25. The smallest absolute Gasteiger partial charge is 0.257 e. The summed E-state index contributed by atoms with van der Waals surface area (Å²) in [6.45, 7) is 8.83. The summed E-state index contributed by atoms with van der Waals surface area (Å²) in [5.41, 5.74) is 0.610. The lowest BCUT2D eigenvalue weighted by Crippen LogP contribution is -2.38. The van der Waals surface area contributed by atoms with E-state index < -0.39 is 0 Å². The highest BCUT2D eigenvalue weighted by Gasteiger charge is 2.33. The molecule has 2 aromatic heterocycles. The average molecular weight is 331 g/mol. The molecular weight excluding hydrogens is 306 g/mol. The molecule has 1 amide bonds. The molecule has 1 aliphatic rings. The van der Waals surface area contributed by atoms with Gasteiger partial charge in [0.1, 0.15) is 6.04 Å². The molecule has 0 unspecified atom stereocenters. The first-order valence-corrected chi connectivity index (χ1v) is 8.66. The van der Waals surface area contributed by atoms with Crippen molar-refractivity contribution in [3.05, 3.63) is 29.7 Å². The molecule has 0 bridgehead atoms. The number of hydrogen-bond donors (Lipinski definition) is 0. The van der Waals surface area contributed by atoms with Crippen molar-refractivity contribution in [2.45, 2.75) is 65.0 Å². The van der Waals surface area contributed by atoms with E-state index in [1.54, 1.807) is 10.9 Å². The number of likely N-dealkylation sites (tertiary alicyclic amines) is 1. The van der Waals surface area contributed by atoms with E-state index in [0.29, 0.717) is 23.8 Å². The second kappa shape index (κ2) is 6.75. The molecule has 0 aromatic carbocycles. The summed E-state index contributed by atoms with van der Waals surface area (Å²) in [4.78, 5) is 19.3. The van der Waals surface area contributed by atoms with Gasteiger partial charge < -0.3 is 9.42 Å². The maximum Gasteiger partial charge on any atom is 0.257 e. The van der Waals surface area contributed by atoms with E-state index in [1.807, 2.05) is 38.8 Å². The van der Waals surface area contributed by atoms with E-state index in [1.165, 1.54) is 0 Å². The second-order valence-corrected chi connectivity index (χ2v) is 6.96. The fourth-order valence-corrected chi connectivity index (χ4v) is 2.95. The molecule has 24 heavy (non-hydrogen) atoms. The molecule has 0 N–H and O–H groups in total. The highest BCUT2D eigenvalue weighted by molar-refractivity contribution is 5.94. The molecule has 0 saturated carbocycles. The molecule has 130 valence electrons. The Morgan fingerprint density at radius 3 is 2.71 bits per heavy atom. The van der Waals surface area contributed by atoms with E-state index in [0.717, 1.165) is 19.3 Å². The zero-order chi connectivity index (χ0) is 17.3. The predicted molar refractivity (Wildman–Crippen MR) is 88.6 cm³/mol. The van der Waals surface area contributed by atoms with Crippen molar-refractivity contribution in [3.63, 3.8) is 0 Å². The first-order chi connectivity index (χ1) is 11.5. The number of carbonyl (C=O) groups excluding carboxylic acids is 1. The summed E-state index contributed by atoms with van der Waals surface area (Å²) in [6, 6.07) is 0.0851. The second-order valence-electron chi connectivity index (χ2n) is 6.96. The number of aromatic nitrogens is 4. The van der Waals surface area contributed by atoms with Gasteiger partial charge in [0.25, 0.3) is 5.91 Å².